The number of halogens is 10. The van der Waals surface area contributed by atoms with Crippen LogP contribution >= 0.6 is 22.6 Å². The molecule has 0 saturated carbocycles. The third kappa shape index (κ3) is 5.59. The summed E-state index contributed by atoms with van der Waals surface area (Å²) in [5, 5.41) is 0. The molecule has 1 unspecified atom stereocenters. The molecule has 1 aromatic carbocycles. The van der Waals surface area contributed by atoms with Crippen LogP contribution in [-0.4, -0.2) is 46.2 Å². The Morgan fingerprint density at radius 1 is 0.852 bits per heavy atom. The van der Waals surface area contributed by atoms with E-state index < -0.39 is 52.7 Å². The molecule has 0 N–H and O–H groups in total. The van der Waals surface area contributed by atoms with Crippen LogP contribution in [0.1, 0.15) is 12.8 Å². The van der Waals surface area contributed by atoms with E-state index in [2.05, 4.69) is 0 Å². The van der Waals surface area contributed by atoms with Gasteiger partial charge in [-0.2, -0.15) is 0 Å². The zero-order chi connectivity index (χ0) is 21.3. The summed E-state index contributed by atoms with van der Waals surface area (Å²) in [5.41, 5.74) is 0. The van der Waals surface area contributed by atoms with Crippen LogP contribution < -0.4 is 3.58 Å². The van der Waals surface area contributed by atoms with Crippen molar-refractivity contribution in [2.24, 2.45) is 0 Å². The van der Waals surface area contributed by atoms with Crippen molar-refractivity contribution < 1.29 is 39.5 Å². The second-order valence-corrected chi connectivity index (χ2v) is 22.5. The van der Waals surface area contributed by atoms with Gasteiger partial charge in [0.2, 0.25) is 0 Å². The van der Waals surface area contributed by atoms with Gasteiger partial charge in [0.25, 0.3) is 0 Å². The summed E-state index contributed by atoms with van der Waals surface area (Å²) in [6.45, 7) is 0. The Hall–Kier alpha value is 0.119. The zero-order valence-corrected chi connectivity index (χ0v) is 19.4. The normalized spacial score (nSPS) is 15.7. The Morgan fingerprint density at radius 3 is 1.78 bits per heavy atom. The minimum absolute atomic E-state index is 0.0296. The van der Waals surface area contributed by atoms with Crippen LogP contribution in [0.4, 0.5) is 39.5 Å². The molecular formula is C16H18F9ISn. The molecule has 0 heterocycles. The number of rotatable bonds is 8. The molecule has 0 bridgehead atoms. The van der Waals surface area contributed by atoms with E-state index in [1.807, 2.05) is 34.1 Å². The van der Waals surface area contributed by atoms with E-state index in [0.717, 1.165) is 3.58 Å². The minimum atomic E-state index is -6.82. The molecule has 0 saturated heterocycles. The molecule has 1 rings (SSSR count). The monoisotopic (exact) mass is 628 g/mol. The molecule has 0 radical (unpaired) electrons. The predicted molar refractivity (Wildman–Crippen MR) is 96.3 cm³/mol. The van der Waals surface area contributed by atoms with Crippen LogP contribution in [0.2, 0.25) is 14.3 Å². The van der Waals surface area contributed by atoms with Crippen molar-refractivity contribution in [3.8, 4) is 0 Å². The van der Waals surface area contributed by atoms with Gasteiger partial charge in [-0.05, 0) is 0 Å². The molecule has 27 heavy (non-hydrogen) atoms. The second kappa shape index (κ2) is 8.47. The summed E-state index contributed by atoms with van der Waals surface area (Å²) < 4.78 is 117. The van der Waals surface area contributed by atoms with Crippen molar-refractivity contribution in [1.29, 1.82) is 0 Å². The molecule has 0 aliphatic heterocycles. The van der Waals surface area contributed by atoms with Crippen LogP contribution in [-0.2, 0) is 0 Å². The summed E-state index contributed by atoms with van der Waals surface area (Å²) in [7, 11) is 0. The molecule has 0 aliphatic rings. The van der Waals surface area contributed by atoms with Crippen LogP contribution in [0.5, 0.6) is 0 Å². The third-order valence-corrected chi connectivity index (χ3v) is 15.2. The average Bonchev–Trinajstić information content (AvgIpc) is 2.52. The average molecular weight is 627 g/mol. The van der Waals surface area contributed by atoms with Crippen molar-refractivity contribution in [2.75, 3.05) is 0 Å². The van der Waals surface area contributed by atoms with Crippen LogP contribution in [0.25, 0.3) is 0 Å². The maximum absolute atomic E-state index is 13.7. The van der Waals surface area contributed by atoms with Gasteiger partial charge >= 0.3 is 169 Å². The van der Waals surface area contributed by atoms with Gasteiger partial charge in [0.15, 0.2) is 0 Å². The maximum atomic E-state index is 13.7. The van der Waals surface area contributed by atoms with E-state index in [0.29, 0.717) is 4.44 Å². The van der Waals surface area contributed by atoms with Crippen LogP contribution in [0, 0.1) is 0 Å². The first-order chi connectivity index (χ1) is 12.0. The Labute approximate surface area is 168 Å². The van der Waals surface area contributed by atoms with E-state index in [9.17, 15) is 39.5 Å². The summed E-state index contributed by atoms with van der Waals surface area (Å²) in [6.07, 6.45) is -8.50. The molecule has 156 valence electrons. The summed E-state index contributed by atoms with van der Waals surface area (Å²) in [6, 6.07) is 9.18. The predicted octanol–water partition coefficient (Wildman–Crippen LogP) is 6.65. The quantitative estimate of drug-likeness (QED) is 0.131. The Morgan fingerprint density at radius 2 is 1.33 bits per heavy atom. The molecule has 0 amide bonds. The van der Waals surface area contributed by atoms with Crippen molar-refractivity contribution >= 4 is 44.5 Å². The first-order valence-corrected chi connectivity index (χ1v) is 18.3. The topological polar surface area (TPSA) is 0 Å². The van der Waals surface area contributed by atoms with Gasteiger partial charge < -0.3 is 0 Å². The fraction of sp³-hybridized carbons (Fsp3) is 0.625. The van der Waals surface area contributed by atoms with Crippen molar-refractivity contribution in [2.45, 2.75) is 55.0 Å². The molecular weight excluding hydrogens is 609 g/mol. The van der Waals surface area contributed by atoms with Gasteiger partial charge in [0.05, 0.1) is 0 Å². The van der Waals surface area contributed by atoms with E-state index >= 15 is 0 Å². The first-order valence-electron chi connectivity index (χ1n) is 7.85. The molecule has 0 nitrogen and oxygen atoms in total. The van der Waals surface area contributed by atoms with E-state index in [1.54, 1.807) is 6.07 Å². The van der Waals surface area contributed by atoms with Crippen LogP contribution in [0.3, 0.4) is 0 Å². The number of alkyl halides is 10. The molecule has 0 fully saturated rings. The Kier molecular flexibility index (Phi) is 7.89. The van der Waals surface area contributed by atoms with E-state index in [-0.39, 0.29) is 6.42 Å². The number of hydrogen-bond acceptors (Lipinski definition) is 0. The van der Waals surface area contributed by atoms with Crippen molar-refractivity contribution in [1.82, 2.24) is 0 Å². The third-order valence-electron chi connectivity index (χ3n) is 4.33. The van der Waals surface area contributed by atoms with Gasteiger partial charge in [-0.15, -0.1) is 0 Å². The van der Waals surface area contributed by atoms with E-state index in [1.165, 1.54) is 22.6 Å². The fourth-order valence-corrected chi connectivity index (χ4v) is 12.0. The molecule has 0 aliphatic carbocycles. The molecule has 0 aromatic heterocycles. The molecule has 11 heteroatoms. The summed E-state index contributed by atoms with van der Waals surface area (Å²) in [4.78, 5) is 4.00. The van der Waals surface area contributed by atoms with Crippen molar-refractivity contribution in [3.63, 3.8) is 0 Å². The van der Waals surface area contributed by atoms with E-state index in [4.69, 9.17) is 0 Å². The van der Waals surface area contributed by atoms with Gasteiger partial charge in [-0.1, -0.05) is 0 Å². The van der Waals surface area contributed by atoms with Gasteiger partial charge in [-0.3, -0.25) is 0 Å². The molecule has 1 atom stereocenters. The summed E-state index contributed by atoms with van der Waals surface area (Å²) >= 11 is -1.49. The summed E-state index contributed by atoms with van der Waals surface area (Å²) in [5.74, 6) is -18.8. The number of hydrogen-bond donors (Lipinski definition) is 0. The van der Waals surface area contributed by atoms with Gasteiger partial charge in [-0.25, -0.2) is 0 Å². The van der Waals surface area contributed by atoms with Crippen molar-refractivity contribution in [3.05, 3.63) is 30.3 Å². The van der Waals surface area contributed by atoms with Gasteiger partial charge in [0.1, 0.15) is 0 Å². The molecule has 0 spiro atoms. The Bertz CT molecular complexity index is 614. The Balaban J connectivity index is 2.84. The zero-order valence-electron chi connectivity index (χ0n) is 14.4. The SMILES string of the molecule is [CH3][Sn]([CH3])([CH2]CC(I)CC(F)(F)C(F)(F)C(F)(F)C(F)(F)F)[c]1ccccc1. The fourth-order valence-electron chi connectivity index (χ4n) is 2.47. The second-order valence-electron chi connectivity index (χ2n) is 6.94. The van der Waals surface area contributed by atoms with Gasteiger partial charge in [0, 0.05) is 0 Å². The van der Waals surface area contributed by atoms with Crippen LogP contribution in [0.15, 0.2) is 30.3 Å². The number of benzene rings is 1. The molecule has 1 aromatic rings. The first kappa shape index (κ1) is 25.2. The standard InChI is InChI=1S/C8H7F9I.C6H5.2CH3.Sn/c1-2-4(18)3-5(9,10)6(11,12)7(13,14)8(15,16)17;1-2-4-6-5-3-1;;;/h4H,1-3H2;1-5H;2*1H3;.